The topological polar surface area (TPSA) is 165 Å². The van der Waals surface area contributed by atoms with Crippen molar-refractivity contribution in [1.82, 2.24) is 25.6 Å². The van der Waals surface area contributed by atoms with E-state index in [4.69, 9.17) is 10.6 Å². The minimum absolute atomic E-state index is 0.0493. The predicted molar refractivity (Wildman–Crippen MR) is 170 cm³/mol. The van der Waals surface area contributed by atoms with E-state index >= 15 is 0 Å². The number of rotatable bonds is 11. The Morgan fingerprint density at radius 2 is 1.66 bits per heavy atom. The number of methoxy groups -OCH3 is 1. The minimum Gasteiger partial charge on any atom is -0.467 e. The van der Waals surface area contributed by atoms with Gasteiger partial charge in [0.1, 0.15) is 0 Å². The monoisotopic (exact) mass is 652 g/mol. The fraction of sp³-hybridized carbons (Fsp3) is 0.219. The molecule has 3 amide bonds. The molecule has 4 aromatic rings. The van der Waals surface area contributed by atoms with E-state index in [0.29, 0.717) is 11.3 Å². The highest BCUT2D eigenvalue weighted by molar-refractivity contribution is 5.95. The third-order valence-corrected chi connectivity index (χ3v) is 6.17. The van der Waals surface area contributed by atoms with Crippen LogP contribution in [0.15, 0.2) is 85.1 Å². The Morgan fingerprint density at radius 1 is 0.957 bits per heavy atom. The second kappa shape index (κ2) is 17.1. The van der Waals surface area contributed by atoms with Crippen LogP contribution in [0.4, 0.5) is 29.3 Å². The molecule has 0 aliphatic heterocycles. The van der Waals surface area contributed by atoms with Gasteiger partial charge < -0.3 is 25.5 Å². The second-order valence-corrected chi connectivity index (χ2v) is 9.49. The lowest BCUT2D eigenvalue weighted by atomic mass is 10.1. The highest BCUT2D eigenvalue weighted by Gasteiger charge is 2.31. The summed E-state index contributed by atoms with van der Waals surface area (Å²) in [4.78, 5) is 42.4. The first-order chi connectivity index (χ1) is 22.5. The van der Waals surface area contributed by atoms with Crippen LogP contribution in [-0.2, 0) is 28.8 Å². The van der Waals surface area contributed by atoms with Gasteiger partial charge in [0, 0.05) is 34.9 Å². The Bertz CT molecular complexity index is 1670. The Labute approximate surface area is 269 Å². The molecule has 0 saturated carbocycles. The lowest BCUT2D eigenvalue weighted by Crippen LogP contribution is -2.31. The molecule has 0 aliphatic rings. The number of anilines is 2. The van der Waals surface area contributed by atoms with Gasteiger partial charge in [-0.05, 0) is 36.8 Å². The number of nitrogens with two attached hydrogens (primary N) is 1. The van der Waals surface area contributed by atoms with Crippen molar-refractivity contribution >= 4 is 23.3 Å². The second-order valence-electron chi connectivity index (χ2n) is 9.49. The molecule has 0 unspecified atom stereocenters. The normalized spacial score (nSPS) is 11.0. The summed E-state index contributed by atoms with van der Waals surface area (Å²) in [5, 5.41) is 9.89. The summed E-state index contributed by atoms with van der Waals surface area (Å²) in [6.45, 7) is 6.04. The van der Waals surface area contributed by atoms with Gasteiger partial charge in [0.25, 0.3) is 0 Å². The standard InChI is InChI=1S/C30H29F3N8O4.C2H6/c1-18-25(16-37-29(38-18)44-2)20-8-9-22(36-14-20)15-35-17-27(45-34)41-28(43)40-24-12-21(30(31,32)33)11-23(13-24)39-26(42)10-19-6-4-3-5-7-19;1-2/h3-9,11-14,16-17,35H,10,15,34H2,1-2H3,(H,39,42)(H2,40,41,43);1-2H3/b27-17-;. The molecule has 15 heteroatoms. The Morgan fingerprint density at radius 3 is 2.26 bits per heavy atom. The van der Waals surface area contributed by atoms with Gasteiger partial charge in [-0.3, -0.25) is 15.1 Å². The zero-order valence-corrected chi connectivity index (χ0v) is 26.1. The maximum atomic E-state index is 13.6. The molecule has 6 N–H and O–H groups in total. The average molecular weight is 653 g/mol. The van der Waals surface area contributed by atoms with Gasteiger partial charge in [0.15, 0.2) is 0 Å². The van der Waals surface area contributed by atoms with Crippen LogP contribution in [0.2, 0.25) is 0 Å². The van der Waals surface area contributed by atoms with E-state index in [0.717, 1.165) is 29.0 Å². The molecule has 0 atom stereocenters. The van der Waals surface area contributed by atoms with Crippen molar-refractivity contribution in [1.29, 1.82) is 0 Å². The van der Waals surface area contributed by atoms with Crippen molar-refractivity contribution in [2.24, 2.45) is 5.90 Å². The third kappa shape index (κ3) is 11.0. The number of ether oxygens (including phenoxy) is 1. The van der Waals surface area contributed by atoms with Crippen LogP contribution in [0.25, 0.3) is 11.1 Å². The van der Waals surface area contributed by atoms with E-state index in [1.54, 1.807) is 48.8 Å². The summed E-state index contributed by atoms with van der Waals surface area (Å²) in [5.41, 5.74) is 2.17. The number of benzene rings is 2. The van der Waals surface area contributed by atoms with Crippen molar-refractivity contribution in [3.63, 3.8) is 0 Å². The lowest BCUT2D eigenvalue weighted by molar-refractivity contribution is -0.137. The number of halogens is 3. The fourth-order valence-corrected chi connectivity index (χ4v) is 4.06. The third-order valence-electron chi connectivity index (χ3n) is 6.17. The number of aryl methyl sites for hydroxylation is 1. The summed E-state index contributed by atoms with van der Waals surface area (Å²) < 4.78 is 45.7. The molecule has 12 nitrogen and oxygen atoms in total. The first-order valence-corrected chi connectivity index (χ1v) is 14.3. The van der Waals surface area contributed by atoms with Gasteiger partial charge >= 0.3 is 18.2 Å². The number of hydrogen-bond acceptors (Lipinski definition) is 9. The molecule has 0 bridgehead atoms. The number of urea groups is 1. The van der Waals surface area contributed by atoms with Crippen LogP contribution in [0.1, 0.15) is 36.4 Å². The molecule has 0 saturated heterocycles. The van der Waals surface area contributed by atoms with Crippen molar-refractivity contribution in [3.8, 4) is 17.1 Å². The summed E-state index contributed by atoms with van der Waals surface area (Å²) in [6, 6.07) is 14.3. The number of carbonyl (C=O) groups excluding carboxylic acids is 2. The SMILES string of the molecule is CC.COc1ncc(-c2ccc(CN/C=C(/NC(=O)Nc3cc(NC(=O)Cc4ccccc4)cc(C(F)(F)F)c3)ON)nc2)c(C)n1. The molecule has 248 valence electrons. The van der Waals surface area contributed by atoms with E-state index in [9.17, 15) is 22.8 Å². The molecule has 47 heavy (non-hydrogen) atoms. The summed E-state index contributed by atoms with van der Waals surface area (Å²) >= 11 is 0. The molecule has 0 radical (unpaired) electrons. The fourth-order valence-electron chi connectivity index (χ4n) is 4.06. The van der Waals surface area contributed by atoms with Crippen molar-refractivity contribution in [3.05, 3.63) is 108 Å². The van der Waals surface area contributed by atoms with E-state index in [-0.39, 0.29) is 36.2 Å². The van der Waals surface area contributed by atoms with Gasteiger partial charge in [-0.2, -0.15) is 24.1 Å². The zero-order valence-electron chi connectivity index (χ0n) is 26.1. The Balaban J connectivity index is 0.00000294. The number of nitrogens with one attached hydrogen (secondary N) is 4. The number of alkyl halides is 3. The number of carbonyl (C=O) groups is 2. The van der Waals surface area contributed by atoms with Crippen LogP contribution in [0, 0.1) is 6.92 Å². The van der Waals surface area contributed by atoms with E-state index in [2.05, 4.69) is 41.1 Å². The average Bonchev–Trinajstić information content (AvgIpc) is 3.05. The molecule has 2 aromatic heterocycles. The molecule has 2 aromatic carbocycles. The maximum absolute atomic E-state index is 13.6. The molecule has 0 fully saturated rings. The van der Waals surface area contributed by atoms with Crippen LogP contribution < -0.4 is 31.9 Å². The van der Waals surface area contributed by atoms with Crippen molar-refractivity contribution < 1.29 is 32.3 Å². The number of amides is 3. The van der Waals surface area contributed by atoms with Crippen LogP contribution in [-0.4, -0.2) is 34.0 Å². The molecular weight excluding hydrogens is 617 g/mol. The number of aromatic nitrogens is 3. The van der Waals surface area contributed by atoms with Crippen molar-refractivity contribution in [2.45, 2.75) is 39.9 Å². The van der Waals surface area contributed by atoms with Gasteiger partial charge in [-0.25, -0.2) is 9.78 Å². The van der Waals surface area contributed by atoms with Crippen molar-refractivity contribution in [2.75, 3.05) is 17.7 Å². The molecule has 0 aliphatic carbocycles. The molecule has 4 rings (SSSR count). The summed E-state index contributed by atoms with van der Waals surface area (Å²) in [6.07, 6.45) is -0.249. The first-order valence-electron chi connectivity index (χ1n) is 14.3. The van der Waals surface area contributed by atoms with Gasteiger partial charge in [-0.1, -0.05) is 50.2 Å². The van der Waals surface area contributed by atoms with Crippen LogP contribution >= 0.6 is 0 Å². The Kier molecular flexibility index (Phi) is 13.0. The van der Waals surface area contributed by atoms with Crippen LogP contribution in [0.3, 0.4) is 0 Å². The zero-order chi connectivity index (χ0) is 34.4. The highest BCUT2D eigenvalue weighted by Crippen LogP contribution is 2.33. The van der Waals surface area contributed by atoms with Gasteiger partial charge in [-0.15, -0.1) is 0 Å². The quantitative estimate of drug-likeness (QED) is 0.101. The predicted octanol–water partition coefficient (Wildman–Crippen LogP) is 5.68. The largest absolute Gasteiger partial charge is 0.467 e. The highest BCUT2D eigenvalue weighted by atomic mass is 19.4. The van der Waals surface area contributed by atoms with Crippen LogP contribution in [0.5, 0.6) is 6.01 Å². The van der Waals surface area contributed by atoms with E-state index in [1.165, 1.54) is 19.4 Å². The van der Waals surface area contributed by atoms with Gasteiger partial charge in [0.2, 0.25) is 11.8 Å². The minimum atomic E-state index is -4.74. The number of hydrogen-bond donors (Lipinski definition) is 5. The molecule has 0 spiro atoms. The molecular formula is C32H35F3N8O4. The number of pyridine rings is 1. The van der Waals surface area contributed by atoms with E-state index < -0.39 is 23.7 Å². The lowest BCUT2D eigenvalue weighted by Gasteiger charge is -2.15. The first kappa shape index (κ1) is 35.8. The Hall–Kier alpha value is -5.70. The smallest absolute Gasteiger partial charge is 0.416 e. The van der Waals surface area contributed by atoms with E-state index in [1.807, 2.05) is 26.8 Å². The van der Waals surface area contributed by atoms with Gasteiger partial charge in [0.05, 0.1) is 43.2 Å². The summed E-state index contributed by atoms with van der Waals surface area (Å²) in [7, 11) is 1.48. The number of nitrogens with zero attached hydrogens (tertiary/aromatic N) is 3. The maximum Gasteiger partial charge on any atom is 0.416 e. The summed E-state index contributed by atoms with van der Waals surface area (Å²) in [5.74, 6) is 4.49. The molecule has 2 heterocycles.